The van der Waals surface area contributed by atoms with Gasteiger partial charge in [0.15, 0.2) is 5.78 Å². The maximum absolute atomic E-state index is 12.6. The Hall–Kier alpha value is -1.39. The van der Waals surface area contributed by atoms with Crippen molar-refractivity contribution in [1.82, 2.24) is 4.90 Å². The first kappa shape index (κ1) is 17.7. The number of carbonyl (C=O) groups is 1. The highest BCUT2D eigenvalue weighted by molar-refractivity contribution is 6.00. The van der Waals surface area contributed by atoms with E-state index in [1.165, 1.54) is 0 Å². The summed E-state index contributed by atoms with van der Waals surface area (Å²) in [5.74, 6) is 0.735. The van der Waals surface area contributed by atoms with Gasteiger partial charge in [0, 0.05) is 19.7 Å². The van der Waals surface area contributed by atoms with Crippen molar-refractivity contribution in [3.05, 3.63) is 29.3 Å². The summed E-state index contributed by atoms with van der Waals surface area (Å²) in [6.07, 6.45) is 1.00. The topological polar surface area (TPSA) is 38.8 Å². The van der Waals surface area contributed by atoms with Gasteiger partial charge >= 0.3 is 0 Å². The van der Waals surface area contributed by atoms with Crippen LogP contribution in [0, 0.1) is 6.92 Å². The molecule has 0 aliphatic carbocycles. The van der Waals surface area contributed by atoms with E-state index in [-0.39, 0.29) is 5.78 Å². The maximum Gasteiger partial charge on any atom is 0.180 e. The molecule has 4 nitrogen and oxygen atoms in total. The van der Waals surface area contributed by atoms with Crippen molar-refractivity contribution in [3.8, 4) is 5.75 Å². The van der Waals surface area contributed by atoms with Crippen LogP contribution in [0.25, 0.3) is 0 Å². The Kier molecular flexibility index (Phi) is 7.40. The number of nitrogens with zero attached hydrogens (tertiary/aromatic N) is 1. The molecule has 0 bridgehead atoms. The zero-order valence-electron chi connectivity index (χ0n) is 13.8. The lowest BCUT2D eigenvalue weighted by Gasteiger charge is -2.27. The Balaban J connectivity index is 2.85. The molecule has 0 saturated carbocycles. The Labute approximate surface area is 128 Å². The van der Waals surface area contributed by atoms with E-state index in [4.69, 9.17) is 9.47 Å². The van der Waals surface area contributed by atoms with E-state index in [2.05, 4.69) is 18.7 Å². The minimum Gasteiger partial charge on any atom is -0.496 e. The number of benzene rings is 1. The average Bonchev–Trinajstić information content (AvgIpc) is 2.50. The number of hydrogen-bond donors (Lipinski definition) is 0. The van der Waals surface area contributed by atoms with Crippen molar-refractivity contribution in [2.45, 2.75) is 33.2 Å². The minimum absolute atomic E-state index is 0.0863. The van der Waals surface area contributed by atoms with Crippen molar-refractivity contribution in [2.24, 2.45) is 0 Å². The Morgan fingerprint density at radius 3 is 2.62 bits per heavy atom. The zero-order chi connectivity index (χ0) is 15.8. The van der Waals surface area contributed by atoms with Gasteiger partial charge in [0.1, 0.15) is 5.75 Å². The molecule has 0 amide bonds. The Morgan fingerprint density at radius 1 is 1.33 bits per heavy atom. The molecule has 1 rings (SSSR count). The second-order valence-corrected chi connectivity index (χ2v) is 5.35. The summed E-state index contributed by atoms with van der Waals surface area (Å²) < 4.78 is 10.5. The fourth-order valence-corrected chi connectivity index (χ4v) is 2.22. The molecular weight excluding hydrogens is 266 g/mol. The molecule has 0 fully saturated rings. The summed E-state index contributed by atoms with van der Waals surface area (Å²) in [5, 5.41) is 0. The number of hydrogen-bond acceptors (Lipinski definition) is 4. The summed E-state index contributed by atoms with van der Waals surface area (Å²) in [6.45, 7) is 8.02. The highest BCUT2D eigenvalue weighted by Gasteiger charge is 2.19. The number of ether oxygens (including phenoxy) is 2. The van der Waals surface area contributed by atoms with E-state index in [1.807, 2.05) is 25.1 Å². The van der Waals surface area contributed by atoms with Crippen molar-refractivity contribution >= 4 is 5.78 Å². The molecule has 0 saturated heterocycles. The van der Waals surface area contributed by atoms with Crippen LogP contribution in [0.3, 0.4) is 0 Å². The third-order valence-electron chi connectivity index (χ3n) is 3.80. The largest absolute Gasteiger partial charge is 0.496 e. The van der Waals surface area contributed by atoms with Crippen LogP contribution >= 0.6 is 0 Å². The highest BCUT2D eigenvalue weighted by atomic mass is 16.5. The van der Waals surface area contributed by atoms with Gasteiger partial charge in [0.25, 0.3) is 0 Å². The lowest BCUT2D eigenvalue weighted by molar-refractivity contribution is 0.0831. The standard InChI is InChI=1S/C17H27NO3/c1-6-14(3)18(9-10-20-4)12-16(19)15-8-7-13(2)11-17(15)21-5/h7-8,11,14H,6,9-10,12H2,1-5H3. The number of Topliss-reactive ketones (excluding diaryl/α,β-unsaturated/α-hetero) is 1. The van der Waals surface area contributed by atoms with Crippen LogP contribution in [-0.2, 0) is 4.74 Å². The van der Waals surface area contributed by atoms with Gasteiger partial charge in [-0.2, -0.15) is 0 Å². The van der Waals surface area contributed by atoms with Gasteiger partial charge in [-0.3, -0.25) is 9.69 Å². The van der Waals surface area contributed by atoms with Gasteiger partial charge in [-0.1, -0.05) is 13.0 Å². The van der Waals surface area contributed by atoms with Crippen LogP contribution in [0.1, 0.15) is 36.2 Å². The van der Waals surface area contributed by atoms with E-state index in [0.29, 0.717) is 30.5 Å². The van der Waals surface area contributed by atoms with Crippen LogP contribution < -0.4 is 4.74 Å². The second-order valence-electron chi connectivity index (χ2n) is 5.35. The highest BCUT2D eigenvalue weighted by Crippen LogP contribution is 2.21. The molecule has 1 aromatic rings. The molecule has 0 aromatic heterocycles. The third kappa shape index (κ3) is 5.14. The molecule has 0 radical (unpaired) electrons. The van der Waals surface area contributed by atoms with Crippen LogP contribution in [0.5, 0.6) is 5.75 Å². The zero-order valence-corrected chi connectivity index (χ0v) is 13.8. The molecule has 1 unspecified atom stereocenters. The predicted molar refractivity (Wildman–Crippen MR) is 85.3 cm³/mol. The molecule has 118 valence electrons. The van der Waals surface area contributed by atoms with E-state index < -0.39 is 0 Å². The van der Waals surface area contributed by atoms with E-state index in [9.17, 15) is 4.79 Å². The fourth-order valence-electron chi connectivity index (χ4n) is 2.22. The molecular formula is C17H27NO3. The lowest BCUT2D eigenvalue weighted by atomic mass is 10.1. The average molecular weight is 293 g/mol. The molecule has 4 heteroatoms. The van der Waals surface area contributed by atoms with Gasteiger partial charge in [-0.15, -0.1) is 0 Å². The number of carbonyl (C=O) groups excluding carboxylic acids is 1. The smallest absolute Gasteiger partial charge is 0.180 e. The van der Waals surface area contributed by atoms with Crippen LogP contribution in [-0.4, -0.2) is 50.6 Å². The summed E-state index contributed by atoms with van der Waals surface area (Å²) in [5.41, 5.74) is 1.73. The quantitative estimate of drug-likeness (QED) is 0.656. The van der Waals surface area contributed by atoms with Crippen molar-refractivity contribution < 1.29 is 14.3 Å². The maximum atomic E-state index is 12.6. The normalized spacial score (nSPS) is 12.5. The third-order valence-corrected chi connectivity index (χ3v) is 3.80. The summed E-state index contributed by atoms with van der Waals surface area (Å²) >= 11 is 0. The lowest BCUT2D eigenvalue weighted by Crippen LogP contribution is -2.39. The molecule has 0 heterocycles. The van der Waals surface area contributed by atoms with Gasteiger partial charge in [-0.25, -0.2) is 0 Å². The van der Waals surface area contributed by atoms with Crippen LogP contribution in [0.15, 0.2) is 18.2 Å². The molecule has 0 aliphatic rings. The van der Waals surface area contributed by atoms with Gasteiger partial charge in [0.05, 0.1) is 25.8 Å². The molecule has 0 N–H and O–H groups in total. The minimum atomic E-state index is 0.0863. The fraction of sp³-hybridized carbons (Fsp3) is 0.588. The summed E-state index contributed by atoms with van der Waals surface area (Å²) in [4.78, 5) is 14.7. The molecule has 1 aromatic carbocycles. The summed E-state index contributed by atoms with van der Waals surface area (Å²) in [6, 6.07) is 6.04. The number of rotatable bonds is 9. The first-order valence-corrected chi connectivity index (χ1v) is 7.44. The molecule has 21 heavy (non-hydrogen) atoms. The number of ketones is 1. The van der Waals surface area contributed by atoms with Gasteiger partial charge < -0.3 is 9.47 Å². The Bertz CT molecular complexity index is 459. The first-order chi connectivity index (χ1) is 10.0. The van der Waals surface area contributed by atoms with Crippen molar-refractivity contribution in [1.29, 1.82) is 0 Å². The van der Waals surface area contributed by atoms with Crippen molar-refractivity contribution in [3.63, 3.8) is 0 Å². The molecule has 0 aliphatic heterocycles. The van der Waals surface area contributed by atoms with E-state index >= 15 is 0 Å². The number of aryl methyl sites for hydroxylation is 1. The van der Waals surface area contributed by atoms with Crippen LogP contribution in [0.4, 0.5) is 0 Å². The molecule has 1 atom stereocenters. The van der Waals surface area contributed by atoms with E-state index in [1.54, 1.807) is 14.2 Å². The first-order valence-electron chi connectivity index (χ1n) is 7.44. The van der Waals surface area contributed by atoms with Crippen LogP contribution in [0.2, 0.25) is 0 Å². The predicted octanol–water partition coefficient (Wildman–Crippen LogP) is 2.93. The van der Waals surface area contributed by atoms with Gasteiger partial charge in [-0.05, 0) is 38.0 Å². The molecule has 0 spiro atoms. The Morgan fingerprint density at radius 2 is 2.05 bits per heavy atom. The SMILES string of the molecule is CCC(C)N(CCOC)CC(=O)c1ccc(C)cc1OC. The van der Waals surface area contributed by atoms with Gasteiger partial charge in [0.2, 0.25) is 0 Å². The van der Waals surface area contributed by atoms with E-state index in [0.717, 1.165) is 18.5 Å². The van der Waals surface area contributed by atoms with Crippen molar-refractivity contribution in [2.75, 3.05) is 33.9 Å². The summed E-state index contributed by atoms with van der Waals surface area (Å²) in [7, 11) is 3.28. The monoisotopic (exact) mass is 293 g/mol. The second kappa shape index (κ2) is 8.80. The number of methoxy groups -OCH3 is 2.